The quantitative estimate of drug-likeness (QED) is 0.758. The van der Waals surface area contributed by atoms with Crippen molar-refractivity contribution >= 4 is 40.1 Å². The number of aromatic amines is 1. The van der Waals surface area contributed by atoms with E-state index in [4.69, 9.17) is 11.6 Å². The zero-order valence-electron chi connectivity index (χ0n) is 12.9. The van der Waals surface area contributed by atoms with Gasteiger partial charge in [-0.3, -0.25) is 4.79 Å². The van der Waals surface area contributed by atoms with Gasteiger partial charge in [0, 0.05) is 34.2 Å². The van der Waals surface area contributed by atoms with Crippen LogP contribution in [-0.2, 0) is 11.2 Å². The van der Waals surface area contributed by atoms with E-state index in [1.165, 1.54) is 4.90 Å². The lowest BCUT2D eigenvalue weighted by atomic mass is 10.1. The highest BCUT2D eigenvalue weighted by molar-refractivity contribution is 6.30. The largest absolute Gasteiger partial charge is 0.477 e. The molecule has 1 aromatic heterocycles. The molecule has 0 atom stereocenters. The maximum absolute atomic E-state index is 12.6. The van der Waals surface area contributed by atoms with Gasteiger partial charge in [0.2, 0.25) is 5.91 Å². The van der Waals surface area contributed by atoms with Crippen LogP contribution in [0.3, 0.4) is 0 Å². The van der Waals surface area contributed by atoms with Crippen molar-refractivity contribution in [3.63, 3.8) is 0 Å². The van der Waals surface area contributed by atoms with E-state index in [1.807, 2.05) is 12.1 Å². The smallest absolute Gasteiger partial charge is 0.352 e. The lowest BCUT2D eigenvalue weighted by Gasteiger charge is -2.17. The second-order valence-corrected chi connectivity index (χ2v) is 5.88. The number of aromatic nitrogens is 1. The van der Waals surface area contributed by atoms with Crippen molar-refractivity contribution in [2.24, 2.45) is 0 Å². The van der Waals surface area contributed by atoms with Gasteiger partial charge in [0.15, 0.2) is 0 Å². The Labute approximate surface area is 143 Å². The number of anilines is 1. The van der Waals surface area contributed by atoms with Gasteiger partial charge in [0.05, 0.1) is 6.42 Å². The van der Waals surface area contributed by atoms with Crippen LogP contribution >= 0.6 is 11.6 Å². The Kier molecular flexibility index (Phi) is 4.27. The second-order valence-electron chi connectivity index (χ2n) is 5.44. The molecule has 24 heavy (non-hydrogen) atoms. The minimum atomic E-state index is -1.08. The molecule has 6 heteroatoms. The number of fused-ring (bicyclic) bond motifs is 1. The molecule has 0 radical (unpaired) electrons. The van der Waals surface area contributed by atoms with E-state index < -0.39 is 5.97 Å². The highest BCUT2D eigenvalue weighted by Gasteiger charge is 2.21. The van der Waals surface area contributed by atoms with Crippen molar-refractivity contribution in [1.29, 1.82) is 0 Å². The number of hydrogen-bond donors (Lipinski definition) is 2. The molecular weight excluding hydrogens is 328 g/mol. The number of halogens is 1. The number of carboxylic acids is 1. The topological polar surface area (TPSA) is 73.4 Å². The first-order valence-corrected chi connectivity index (χ1v) is 7.70. The first-order valence-electron chi connectivity index (χ1n) is 7.32. The van der Waals surface area contributed by atoms with Gasteiger partial charge in [-0.1, -0.05) is 35.9 Å². The molecule has 0 spiro atoms. The van der Waals surface area contributed by atoms with Gasteiger partial charge in [-0.15, -0.1) is 0 Å². The van der Waals surface area contributed by atoms with Gasteiger partial charge in [0.1, 0.15) is 5.69 Å². The summed E-state index contributed by atoms with van der Waals surface area (Å²) in [5.41, 5.74) is 1.88. The minimum absolute atomic E-state index is 0.0192. The number of carbonyl (C=O) groups excluding carboxylic acids is 1. The maximum Gasteiger partial charge on any atom is 0.352 e. The number of rotatable bonds is 4. The molecule has 0 aliphatic rings. The summed E-state index contributed by atoms with van der Waals surface area (Å²) in [6.45, 7) is 0. The number of nitrogens with one attached hydrogen (secondary N) is 1. The van der Waals surface area contributed by atoms with Crippen LogP contribution in [0, 0.1) is 0 Å². The molecule has 1 heterocycles. The van der Waals surface area contributed by atoms with Crippen molar-refractivity contribution in [3.8, 4) is 0 Å². The summed E-state index contributed by atoms with van der Waals surface area (Å²) in [5, 5.41) is 10.7. The summed E-state index contributed by atoms with van der Waals surface area (Å²) in [5.74, 6) is -1.30. The van der Waals surface area contributed by atoms with E-state index in [2.05, 4.69) is 4.98 Å². The molecule has 3 rings (SSSR count). The molecule has 0 fully saturated rings. The molecular formula is C18H15ClN2O3. The van der Waals surface area contributed by atoms with Crippen LogP contribution in [-0.4, -0.2) is 29.0 Å². The van der Waals surface area contributed by atoms with Crippen LogP contribution in [0.5, 0.6) is 0 Å². The number of hydrogen-bond acceptors (Lipinski definition) is 2. The molecule has 0 saturated carbocycles. The van der Waals surface area contributed by atoms with Crippen LogP contribution in [0.2, 0.25) is 5.02 Å². The summed E-state index contributed by atoms with van der Waals surface area (Å²) in [6, 6.07) is 14.2. The van der Waals surface area contributed by atoms with E-state index in [1.54, 1.807) is 43.4 Å². The van der Waals surface area contributed by atoms with Crippen LogP contribution in [0.25, 0.3) is 10.9 Å². The molecule has 0 saturated heterocycles. The summed E-state index contributed by atoms with van der Waals surface area (Å²) in [6.07, 6.45) is -0.0192. The zero-order chi connectivity index (χ0) is 17.3. The molecule has 2 aromatic carbocycles. The predicted octanol–water partition coefficient (Wildman–Crippen LogP) is 3.73. The number of H-pyrrole nitrogens is 1. The van der Waals surface area contributed by atoms with Gasteiger partial charge in [-0.2, -0.15) is 0 Å². The third-order valence-corrected chi connectivity index (χ3v) is 4.16. The second kappa shape index (κ2) is 6.37. The van der Waals surface area contributed by atoms with Crippen molar-refractivity contribution < 1.29 is 14.7 Å². The average molecular weight is 343 g/mol. The Bertz CT molecular complexity index is 933. The Balaban J connectivity index is 1.95. The van der Waals surface area contributed by atoms with Crippen LogP contribution < -0.4 is 4.90 Å². The molecule has 0 bridgehead atoms. The highest BCUT2D eigenvalue weighted by atomic mass is 35.5. The number of aromatic carboxylic acids is 1. The van der Waals surface area contributed by atoms with E-state index in [-0.39, 0.29) is 18.0 Å². The number of carbonyl (C=O) groups is 2. The van der Waals surface area contributed by atoms with Crippen LogP contribution in [0.15, 0.2) is 48.5 Å². The van der Waals surface area contributed by atoms with Gasteiger partial charge >= 0.3 is 5.97 Å². The number of para-hydroxylation sites is 1. The van der Waals surface area contributed by atoms with Gasteiger partial charge in [0.25, 0.3) is 0 Å². The molecule has 3 aromatic rings. The van der Waals surface area contributed by atoms with Crippen molar-refractivity contribution in [2.45, 2.75) is 6.42 Å². The fourth-order valence-electron chi connectivity index (χ4n) is 2.66. The molecule has 1 amide bonds. The maximum atomic E-state index is 12.6. The number of amides is 1. The number of carboxylic acid groups (broad SMARTS) is 1. The fraction of sp³-hybridized carbons (Fsp3) is 0.111. The van der Waals surface area contributed by atoms with Crippen molar-refractivity contribution in [2.75, 3.05) is 11.9 Å². The standard InChI is InChI=1S/C18H15ClN2O3/c1-21(12-6-4-5-11(19)9-12)16(22)10-14-13-7-2-3-8-15(13)20-17(14)18(23)24/h2-9,20H,10H2,1H3,(H,23,24). The SMILES string of the molecule is CN(C(=O)Cc1c(C(=O)O)[nH]c2ccccc12)c1cccc(Cl)c1. The third-order valence-electron chi connectivity index (χ3n) is 3.93. The third kappa shape index (κ3) is 2.98. The summed E-state index contributed by atoms with van der Waals surface area (Å²) >= 11 is 5.96. The van der Waals surface area contributed by atoms with Crippen LogP contribution in [0.4, 0.5) is 5.69 Å². The number of nitrogens with zero attached hydrogens (tertiary/aromatic N) is 1. The molecule has 0 aliphatic carbocycles. The molecule has 122 valence electrons. The molecule has 5 nitrogen and oxygen atoms in total. The normalized spacial score (nSPS) is 10.8. The average Bonchev–Trinajstić information content (AvgIpc) is 2.93. The zero-order valence-corrected chi connectivity index (χ0v) is 13.7. The van der Waals surface area contributed by atoms with Gasteiger partial charge < -0.3 is 15.0 Å². The first kappa shape index (κ1) is 16.1. The monoisotopic (exact) mass is 342 g/mol. The predicted molar refractivity (Wildman–Crippen MR) is 93.8 cm³/mol. The van der Waals surface area contributed by atoms with Gasteiger partial charge in [-0.25, -0.2) is 4.79 Å². The summed E-state index contributed by atoms with van der Waals surface area (Å²) in [7, 11) is 1.64. The van der Waals surface area contributed by atoms with E-state index in [9.17, 15) is 14.7 Å². The Morgan fingerprint density at radius 3 is 2.62 bits per heavy atom. The summed E-state index contributed by atoms with van der Waals surface area (Å²) in [4.78, 5) is 28.4. The Hall–Kier alpha value is -2.79. The van der Waals surface area contributed by atoms with Crippen molar-refractivity contribution in [1.82, 2.24) is 4.98 Å². The Morgan fingerprint density at radius 2 is 1.92 bits per heavy atom. The van der Waals surface area contributed by atoms with E-state index >= 15 is 0 Å². The number of benzene rings is 2. The highest BCUT2D eigenvalue weighted by Crippen LogP contribution is 2.25. The van der Waals surface area contributed by atoms with Crippen molar-refractivity contribution in [3.05, 3.63) is 64.8 Å². The fourth-order valence-corrected chi connectivity index (χ4v) is 2.85. The first-order chi connectivity index (χ1) is 11.5. The van der Waals surface area contributed by atoms with E-state index in [0.717, 1.165) is 5.39 Å². The van der Waals surface area contributed by atoms with Crippen LogP contribution in [0.1, 0.15) is 16.1 Å². The lowest BCUT2D eigenvalue weighted by Crippen LogP contribution is -2.28. The lowest BCUT2D eigenvalue weighted by molar-refractivity contribution is -0.117. The Morgan fingerprint density at radius 1 is 1.17 bits per heavy atom. The van der Waals surface area contributed by atoms with Gasteiger partial charge in [-0.05, 0) is 24.3 Å². The van der Waals surface area contributed by atoms with E-state index in [0.29, 0.717) is 21.8 Å². The molecule has 0 unspecified atom stereocenters. The summed E-state index contributed by atoms with van der Waals surface area (Å²) < 4.78 is 0. The minimum Gasteiger partial charge on any atom is -0.477 e. The molecule has 2 N–H and O–H groups in total. The molecule has 0 aliphatic heterocycles. The number of likely N-dealkylation sites (N-methyl/N-ethyl adjacent to an activating group) is 1.